The van der Waals surface area contributed by atoms with Gasteiger partial charge in [0.2, 0.25) is 11.8 Å². The fourth-order valence-corrected chi connectivity index (χ4v) is 3.29. The van der Waals surface area contributed by atoms with Crippen LogP contribution in [0.1, 0.15) is 19.3 Å². The van der Waals surface area contributed by atoms with Crippen LogP contribution in [0.3, 0.4) is 0 Å². The standard InChI is InChI=1S/C18H24N2O5/c1-23-13-5-6-15(16(9-13)24-2)20-11-12(8-17(20)21)18(22)19-10-14-4-3-7-25-14/h5-6,9,12,14H,3-4,7-8,10-11H2,1-2H3,(H,19,22). The third-order valence-electron chi connectivity index (χ3n) is 4.70. The van der Waals surface area contributed by atoms with Crippen molar-refractivity contribution in [1.82, 2.24) is 5.32 Å². The summed E-state index contributed by atoms with van der Waals surface area (Å²) in [5.74, 6) is 0.659. The molecule has 136 valence electrons. The molecule has 7 heteroatoms. The SMILES string of the molecule is COc1ccc(N2CC(C(=O)NCC3CCCO3)CC2=O)c(OC)c1. The Labute approximate surface area is 147 Å². The van der Waals surface area contributed by atoms with Crippen LogP contribution in [-0.4, -0.2) is 51.8 Å². The van der Waals surface area contributed by atoms with Crippen molar-refractivity contribution in [3.05, 3.63) is 18.2 Å². The van der Waals surface area contributed by atoms with E-state index in [9.17, 15) is 9.59 Å². The topological polar surface area (TPSA) is 77.1 Å². The number of amides is 2. The molecule has 0 radical (unpaired) electrons. The number of anilines is 1. The second-order valence-electron chi connectivity index (χ2n) is 6.32. The van der Waals surface area contributed by atoms with Crippen LogP contribution >= 0.6 is 0 Å². The monoisotopic (exact) mass is 348 g/mol. The van der Waals surface area contributed by atoms with Crippen molar-refractivity contribution in [2.45, 2.75) is 25.4 Å². The molecule has 2 heterocycles. The molecule has 0 spiro atoms. The second-order valence-corrected chi connectivity index (χ2v) is 6.32. The van der Waals surface area contributed by atoms with E-state index in [0.717, 1.165) is 19.4 Å². The Hall–Kier alpha value is -2.28. The largest absolute Gasteiger partial charge is 0.497 e. The molecule has 2 saturated heterocycles. The molecule has 1 N–H and O–H groups in total. The Morgan fingerprint density at radius 2 is 2.20 bits per heavy atom. The lowest BCUT2D eigenvalue weighted by molar-refractivity contribution is -0.126. The Bertz CT molecular complexity index is 642. The molecule has 0 saturated carbocycles. The van der Waals surface area contributed by atoms with Crippen LogP contribution in [0.2, 0.25) is 0 Å². The van der Waals surface area contributed by atoms with Gasteiger partial charge in [-0.3, -0.25) is 9.59 Å². The minimum absolute atomic E-state index is 0.0827. The number of carbonyl (C=O) groups is 2. The van der Waals surface area contributed by atoms with Crippen molar-refractivity contribution in [2.75, 3.05) is 38.8 Å². The number of hydrogen-bond donors (Lipinski definition) is 1. The van der Waals surface area contributed by atoms with Crippen molar-refractivity contribution >= 4 is 17.5 Å². The van der Waals surface area contributed by atoms with Crippen molar-refractivity contribution in [1.29, 1.82) is 0 Å². The number of benzene rings is 1. The van der Waals surface area contributed by atoms with Gasteiger partial charge in [-0.25, -0.2) is 0 Å². The van der Waals surface area contributed by atoms with E-state index < -0.39 is 0 Å². The van der Waals surface area contributed by atoms with Gasteiger partial charge in [0.05, 0.1) is 31.9 Å². The van der Waals surface area contributed by atoms with Crippen LogP contribution in [0.25, 0.3) is 0 Å². The minimum Gasteiger partial charge on any atom is -0.497 e. The summed E-state index contributed by atoms with van der Waals surface area (Å²) in [5.41, 5.74) is 0.655. The summed E-state index contributed by atoms with van der Waals surface area (Å²) >= 11 is 0. The molecule has 2 fully saturated rings. The molecule has 3 rings (SSSR count). The fourth-order valence-electron chi connectivity index (χ4n) is 3.29. The Morgan fingerprint density at radius 1 is 1.36 bits per heavy atom. The van der Waals surface area contributed by atoms with Gasteiger partial charge in [-0.05, 0) is 25.0 Å². The van der Waals surface area contributed by atoms with E-state index in [-0.39, 0.29) is 30.3 Å². The number of methoxy groups -OCH3 is 2. The third-order valence-corrected chi connectivity index (χ3v) is 4.70. The zero-order chi connectivity index (χ0) is 17.8. The number of nitrogens with zero attached hydrogens (tertiary/aromatic N) is 1. The van der Waals surface area contributed by atoms with Crippen molar-refractivity contribution in [2.24, 2.45) is 5.92 Å². The van der Waals surface area contributed by atoms with Gasteiger partial charge in [0, 0.05) is 32.2 Å². The molecule has 2 aliphatic heterocycles. The van der Waals surface area contributed by atoms with E-state index in [0.29, 0.717) is 30.3 Å². The zero-order valence-corrected chi connectivity index (χ0v) is 14.6. The smallest absolute Gasteiger partial charge is 0.227 e. The van der Waals surface area contributed by atoms with Gasteiger partial charge in [-0.2, -0.15) is 0 Å². The van der Waals surface area contributed by atoms with E-state index in [1.807, 2.05) is 0 Å². The first kappa shape index (κ1) is 17.5. The first-order chi connectivity index (χ1) is 12.1. The van der Waals surface area contributed by atoms with Crippen molar-refractivity contribution in [3.8, 4) is 11.5 Å². The van der Waals surface area contributed by atoms with Gasteiger partial charge < -0.3 is 24.4 Å². The molecule has 0 aliphatic carbocycles. The molecular formula is C18H24N2O5. The van der Waals surface area contributed by atoms with Crippen molar-refractivity contribution < 1.29 is 23.8 Å². The quantitative estimate of drug-likeness (QED) is 0.840. The van der Waals surface area contributed by atoms with Crippen molar-refractivity contribution in [3.63, 3.8) is 0 Å². The highest BCUT2D eigenvalue weighted by atomic mass is 16.5. The summed E-state index contributed by atoms with van der Waals surface area (Å²) in [5, 5.41) is 2.91. The summed E-state index contributed by atoms with van der Waals surface area (Å²) in [6.45, 7) is 1.61. The summed E-state index contributed by atoms with van der Waals surface area (Å²) in [6.07, 6.45) is 2.30. The molecule has 2 aliphatic rings. The number of hydrogen-bond acceptors (Lipinski definition) is 5. The molecule has 2 amide bonds. The molecule has 7 nitrogen and oxygen atoms in total. The van der Waals surface area contributed by atoms with Crippen LogP contribution in [0.15, 0.2) is 18.2 Å². The lowest BCUT2D eigenvalue weighted by atomic mass is 10.1. The number of rotatable bonds is 6. The maximum atomic E-state index is 12.4. The molecule has 2 unspecified atom stereocenters. The summed E-state index contributed by atoms with van der Waals surface area (Å²) in [4.78, 5) is 26.4. The Morgan fingerprint density at radius 3 is 2.88 bits per heavy atom. The molecule has 0 bridgehead atoms. The molecule has 25 heavy (non-hydrogen) atoms. The summed E-state index contributed by atoms with van der Waals surface area (Å²) in [6, 6.07) is 5.28. The van der Waals surface area contributed by atoms with Crippen LogP contribution in [0.5, 0.6) is 11.5 Å². The Balaban J connectivity index is 1.64. The fraction of sp³-hybridized carbons (Fsp3) is 0.556. The van der Waals surface area contributed by atoms with Crippen LogP contribution in [0.4, 0.5) is 5.69 Å². The lowest BCUT2D eigenvalue weighted by Crippen LogP contribution is -2.37. The minimum atomic E-state index is -0.360. The highest BCUT2D eigenvalue weighted by Crippen LogP contribution is 2.35. The lowest BCUT2D eigenvalue weighted by Gasteiger charge is -2.20. The molecular weight excluding hydrogens is 324 g/mol. The Kier molecular flexibility index (Phi) is 5.43. The highest BCUT2D eigenvalue weighted by Gasteiger charge is 2.36. The van der Waals surface area contributed by atoms with E-state index in [2.05, 4.69) is 5.32 Å². The van der Waals surface area contributed by atoms with Gasteiger partial charge in [0.1, 0.15) is 11.5 Å². The zero-order valence-electron chi connectivity index (χ0n) is 14.6. The van der Waals surface area contributed by atoms with Gasteiger partial charge >= 0.3 is 0 Å². The average molecular weight is 348 g/mol. The normalized spacial score (nSPS) is 23.0. The second kappa shape index (κ2) is 7.74. The first-order valence-electron chi connectivity index (χ1n) is 8.54. The maximum Gasteiger partial charge on any atom is 0.227 e. The summed E-state index contributed by atoms with van der Waals surface area (Å²) in [7, 11) is 3.12. The molecule has 1 aromatic carbocycles. The molecule has 1 aromatic rings. The number of carbonyl (C=O) groups excluding carboxylic acids is 2. The van der Waals surface area contributed by atoms with Gasteiger partial charge in [-0.1, -0.05) is 0 Å². The van der Waals surface area contributed by atoms with Crippen LogP contribution in [-0.2, 0) is 14.3 Å². The van der Waals surface area contributed by atoms with Crippen LogP contribution < -0.4 is 19.7 Å². The predicted molar refractivity (Wildman–Crippen MR) is 92.0 cm³/mol. The van der Waals surface area contributed by atoms with E-state index >= 15 is 0 Å². The third kappa shape index (κ3) is 3.87. The molecule has 0 aromatic heterocycles. The van der Waals surface area contributed by atoms with E-state index in [4.69, 9.17) is 14.2 Å². The highest BCUT2D eigenvalue weighted by molar-refractivity contribution is 6.01. The van der Waals surface area contributed by atoms with Gasteiger partial charge in [0.15, 0.2) is 0 Å². The van der Waals surface area contributed by atoms with E-state index in [1.54, 1.807) is 37.3 Å². The van der Waals surface area contributed by atoms with Gasteiger partial charge in [0.25, 0.3) is 0 Å². The number of nitrogens with one attached hydrogen (secondary N) is 1. The van der Waals surface area contributed by atoms with Crippen LogP contribution in [0, 0.1) is 5.92 Å². The number of ether oxygens (including phenoxy) is 3. The molecule has 2 atom stereocenters. The first-order valence-corrected chi connectivity index (χ1v) is 8.54. The predicted octanol–water partition coefficient (Wildman–Crippen LogP) is 1.35. The van der Waals surface area contributed by atoms with E-state index in [1.165, 1.54) is 0 Å². The van der Waals surface area contributed by atoms with Gasteiger partial charge in [-0.15, -0.1) is 0 Å². The average Bonchev–Trinajstić information content (AvgIpc) is 3.28. The summed E-state index contributed by atoms with van der Waals surface area (Å²) < 4.78 is 16.1. The maximum absolute atomic E-state index is 12.4.